The van der Waals surface area contributed by atoms with E-state index in [9.17, 15) is 10.1 Å². The van der Waals surface area contributed by atoms with Gasteiger partial charge in [-0.15, -0.1) is 12.4 Å². The zero-order valence-electron chi connectivity index (χ0n) is 14.8. The van der Waals surface area contributed by atoms with Crippen molar-refractivity contribution in [3.63, 3.8) is 0 Å². The number of piperidine rings is 1. The molecule has 0 spiro atoms. The Morgan fingerprint density at radius 1 is 1.46 bits per heavy atom. The molecule has 1 aromatic carbocycles. The smallest absolute Gasteiger partial charge is 0.270 e. The predicted molar refractivity (Wildman–Crippen MR) is 97.8 cm³/mol. The van der Waals surface area contributed by atoms with E-state index in [0.717, 1.165) is 30.8 Å². The van der Waals surface area contributed by atoms with Crippen LogP contribution in [0, 0.1) is 15.5 Å². The van der Waals surface area contributed by atoms with E-state index in [0.29, 0.717) is 6.54 Å². The van der Waals surface area contributed by atoms with Gasteiger partial charge in [-0.3, -0.25) is 15.0 Å². The molecule has 0 amide bonds. The van der Waals surface area contributed by atoms with E-state index in [1.54, 1.807) is 12.1 Å². The molecule has 1 aromatic rings. The quantitative estimate of drug-likeness (QED) is 0.645. The van der Waals surface area contributed by atoms with Crippen LogP contribution in [0.3, 0.4) is 0 Å². The fraction of sp³-hybridized carbons (Fsp3) is 0.647. The van der Waals surface area contributed by atoms with Crippen molar-refractivity contribution >= 4 is 18.1 Å². The van der Waals surface area contributed by atoms with E-state index in [1.165, 1.54) is 6.07 Å². The Bertz CT molecular complexity index is 578. The van der Waals surface area contributed by atoms with Gasteiger partial charge in [0.2, 0.25) is 0 Å². The lowest BCUT2D eigenvalue weighted by Crippen LogP contribution is -2.52. The van der Waals surface area contributed by atoms with Gasteiger partial charge in [0.15, 0.2) is 0 Å². The van der Waals surface area contributed by atoms with Gasteiger partial charge in [-0.1, -0.05) is 13.8 Å². The van der Waals surface area contributed by atoms with Crippen LogP contribution >= 0.6 is 12.4 Å². The van der Waals surface area contributed by atoms with Gasteiger partial charge in [0.05, 0.1) is 11.0 Å². The molecule has 2 rings (SSSR count). The molecule has 0 aromatic heterocycles. The fourth-order valence-corrected chi connectivity index (χ4v) is 3.03. The summed E-state index contributed by atoms with van der Waals surface area (Å²) in [6, 6.07) is 5.01. The van der Waals surface area contributed by atoms with E-state index in [-0.39, 0.29) is 40.6 Å². The average molecular weight is 358 g/mol. The summed E-state index contributed by atoms with van der Waals surface area (Å²) in [6.07, 6.45) is 0.962. The Morgan fingerprint density at radius 3 is 2.67 bits per heavy atom. The third-order valence-corrected chi connectivity index (χ3v) is 4.40. The molecule has 6 nitrogen and oxygen atoms in total. The highest BCUT2D eigenvalue weighted by molar-refractivity contribution is 5.85. The Hall–Kier alpha value is -1.37. The molecular weight excluding hydrogens is 330 g/mol. The summed E-state index contributed by atoms with van der Waals surface area (Å²) < 4.78 is 5.82. The van der Waals surface area contributed by atoms with Crippen LogP contribution in [0.5, 0.6) is 5.75 Å². The van der Waals surface area contributed by atoms with Gasteiger partial charge in [0, 0.05) is 43.4 Å². The van der Waals surface area contributed by atoms with E-state index >= 15 is 0 Å². The summed E-state index contributed by atoms with van der Waals surface area (Å²) in [4.78, 5) is 13.0. The van der Waals surface area contributed by atoms with Gasteiger partial charge in [-0.05, 0) is 31.7 Å². The maximum Gasteiger partial charge on any atom is 0.270 e. The molecule has 24 heavy (non-hydrogen) atoms. The van der Waals surface area contributed by atoms with Crippen LogP contribution in [0.25, 0.3) is 0 Å². The van der Waals surface area contributed by atoms with Crippen LogP contribution < -0.4 is 10.5 Å². The van der Waals surface area contributed by atoms with Gasteiger partial charge < -0.3 is 10.5 Å². The van der Waals surface area contributed by atoms with Crippen molar-refractivity contribution in [1.29, 1.82) is 0 Å². The molecule has 136 valence electrons. The van der Waals surface area contributed by atoms with Gasteiger partial charge in [-0.2, -0.15) is 0 Å². The van der Waals surface area contributed by atoms with Crippen molar-refractivity contribution in [2.45, 2.75) is 52.8 Å². The number of ether oxygens (including phenoxy) is 1. The second-order valence-corrected chi connectivity index (χ2v) is 7.31. The van der Waals surface area contributed by atoms with Crippen molar-refractivity contribution in [2.24, 2.45) is 11.1 Å². The number of nitrogens with zero attached hydrogens (tertiary/aromatic N) is 2. The number of nitrogens with two attached hydrogens (primary N) is 1. The number of halogens is 1. The highest BCUT2D eigenvalue weighted by Crippen LogP contribution is 2.31. The lowest BCUT2D eigenvalue weighted by molar-refractivity contribution is -0.385. The lowest BCUT2D eigenvalue weighted by Gasteiger charge is -2.42. The number of non-ortho nitro benzene ring substituents is 1. The summed E-state index contributed by atoms with van der Waals surface area (Å²) >= 11 is 0. The molecule has 1 aliphatic heterocycles. The van der Waals surface area contributed by atoms with E-state index in [2.05, 4.69) is 18.7 Å². The number of hydrogen-bond acceptors (Lipinski definition) is 5. The van der Waals surface area contributed by atoms with Gasteiger partial charge in [0.1, 0.15) is 5.75 Å². The summed E-state index contributed by atoms with van der Waals surface area (Å²) in [7, 11) is 0. The highest BCUT2D eigenvalue weighted by Gasteiger charge is 2.33. The third-order valence-electron chi connectivity index (χ3n) is 4.40. The number of benzene rings is 1. The number of hydrogen-bond donors (Lipinski definition) is 1. The molecule has 0 radical (unpaired) electrons. The largest absolute Gasteiger partial charge is 0.491 e. The van der Waals surface area contributed by atoms with Gasteiger partial charge in [0.25, 0.3) is 5.69 Å². The van der Waals surface area contributed by atoms with Crippen molar-refractivity contribution in [3.8, 4) is 5.75 Å². The maximum atomic E-state index is 11.1. The average Bonchev–Trinajstić information content (AvgIpc) is 2.43. The maximum absolute atomic E-state index is 11.1. The monoisotopic (exact) mass is 357 g/mol. The Kier molecular flexibility index (Phi) is 7.01. The Labute approximate surface area is 149 Å². The first-order valence-corrected chi connectivity index (χ1v) is 8.11. The van der Waals surface area contributed by atoms with E-state index in [1.807, 2.05) is 13.8 Å². The topological polar surface area (TPSA) is 81.6 Å². The third kappa shape index (κ3) is 5.06. The van der Waals surface area contributed by atoms with Gasteiger partial charge >= 0.3 is 0 Å². The van der Waals surface area contributed by atoms with Crippen LogP contribution in [-0.2, 0) is 6.54 Å². The first-order chi connectivity index (χ1) is 10.7. The minimum atomic E-state index is -0.362. The van der Waals surface area contributed by atoms with Crippen molar-refractivity contribution in [3.05, 3.63) is 33.9 Å². The molecule has 1 heterocycles. The van der Waals surface area contributed by atoms with Crippen LogP contribution in [-0.4, -0.2) is 35.1 Å². The van der Waals surface area contributed by atoms with Crippen molar-refractivity contribution in [1.82, 2.24) is 4.90 Å². The standard InChI is InChI=1S/C17H27N3O3.ClH/c1-12(2)23-15-6-5-14(20(21)22)9-13(15)10-19-8-7-16(18)17(3,4)11-19;/h5-6,9,12,16H,7-8,10-11,18H2,1-4H3;1H. The molecule has 7 heteroatoms. The Balaban J connectivity index is 0.00000288. The molecule has 0 bridgehead atoms. The molecule has 0 aliphatic carbocycles. The minimum absolute atomic E-state index is 0. The van der Waals surface area contributed by atoms with Crippen LogP contribution in [0.4, 0.5) is 5.69 Å². The summed E-state index contributed by atoms with van der Waals surface area (Å²) in [5.41, 5.74) is 7.19. The van der Waals surface area contributed by atoms with Crippen LogP contribution in [0.1, 0.15) is 39.7 Å². The fourth-order valence-electron chi connectivity index (χ4n) is 3.03. The lowest BCUT2D eigenvalue weighted by atomic mass is 9.79. The van der Waals surface area contributed by atoms with E-state index < -0.39 is 0 Å². The second kappa shape index (κ2) is 8.14. The molecule has 1 atom stereocenters. The summed E-state index contributed by atoms with van der Waals surface area (Å²) in [5, 5.41) is 11.1. The zero-order chi connectivity index (χ0) is 17.2. The molecule has 1 unspecified atom stereocenters. The minimum Gasteiger partial charge on any atom is -0.491 e. The molecule has 0 saturated carbocycles. The molecule has 2 N–H and O–H groups in total. The molecular formula is C17H28ClN3O3. The molecule has 1 saturated heterocycles. The Morgan fingerprint density at radius 2 is 2.12 bits per heavy atom. The first kappa shape index (κ1) is 20.7. The second-order valence-electron chi connectivity index (χ2n) is 7.31. The predicted octanol–water partition coefficient (Wildman–Crippen LogP) is 3.36. The van der Waals surface area contributed by atoms with Crippen molar-refractivity contribution < 1.29 is 9.66 Å². The number of nitro groups is 1. The van der Waals surface area contributed by atoms with Crippen molar-refractivity contribution in [2.75, 3.05) is 13.1 Å². The van der Waals surface area contributed by atoms with Crippen LogP contribution in [0.15, 0.2) is 18.2 Å². The molecule has 1 fully saturated rings. The molecule has 1 aliphatic rings. The summed E-state index contributed by atoms with van der Waals surface area (Å²) in [6.45, 7) is 10.7. The summed E-state index contributed by atoms with van der Waals surface area (Å²) in [5.74, 6) is 0.721. The zero-order valence-corrected chi connectivity index (χ0v) is 15.6. The number of likely N-dealkylation sites (tertiary alicyclic amines) is 1. The van der Waals surface area contributed by atoms with Gasteiger partial charge in [-0.25, -0.2) is 0 Å². The number of rotatable bonds is 5. The highest BCUT2D eigenvalue weighted by atomic mass is 35.5. The number of nitro benzene ring substituents is 1. The normalized spacial score (nSPS) is 20.5. The van der Waals surface area contributed by atoms with E-state index in [4.69, 9.17) is 10.5 Å². The SMILES string of the molecule is CC(C)Oc1ccc([N+](=O)[O-])cc1CN1CCC(N)C(C)(C)C1.Cl. The first-order valence-electron chi connectivity index (χ1n) is 8.11. The van der Waals surface area contributed by atoms with Crippen LogP contribution in [0.2, 0.25) is 0 Å².